The molecule has 20 heavy (non-hydrogen) atoms. The van der Waals surface area contributed by atoms with Crippen LogP contribution in [0.5, 0.6) is 0 Å². The van der Waals surface area contributed by atoms with Gasteiger partial charge >= 0.3 is 0 Å². The summed E-state index contributed by atoms with van der Waals surface area (Å²) in [6, 6.07) is 9.14. The number of nitrogens with one attached hydrogen (secondary N) is 3. The average molecular weight is 299 g/mol. The van der Waals surface area contributed by atoms with Crippen molar-refractivity contribution in [2.45, 2.75) is 19.4 Å². The van der Waals surface area contributed by atoms with Crippen molar-refractivity contribution in [3.05, 3.63) is 30.3 Å². The quantitative estimate of drug-likeness (QED) is 0.686. The minimum atomic E-state index is -3.27. The zero-order valence-electron chi connectivity index (χ0n) is 11.9. The average Bonchev–Trinajstić information content (AvgIpc) is 2.26. The van der Waals surface area contributed by atoms with Gasteiger partial charge in [-0.25, -0.2) is 13.1 Å². The van der Waals surface area contributed by atoms with E-state index in [1.165, 1.54) is 0 Å². The van der Waals surface area contributed by atoms with E-state index >= 15 is 0 Å². The van der Waals surface area contributed by atoms with Crippen LogP contribution in [0.4, 0.5) is 5.69 Å². The van der Waals surface area contributed by atoms with E-state index in [-0.39, 0.29) is 12.5 Å². The van der Waals surface area contributed by atoms with E-state index in [1.54, 1.807) is 26.0 Å². The van der Waals surface area contributed by atoms with Crippen LogP contribution in [0.15, 0.2) is 30.3 Å². The topological polar surface area (TPSA) is 87.3 Å². The van der Waals surface area contributed by atoms with E-state index < -0.39 is 15.6 Å². The van der Waals surface area contributed by atoms with Gasteiger partial charge in [-0.1, -0.05) is 18.2 Å². The van der Waals surface area contributed by atoms with Crippen molar-refractivity contribution in [1.29, 1.82) is 0 Å². The smallest absolute Gasteiger partial charge is 0.238 e. The Morgan fingerprint density at radius 2 is 1.80 bits per heavy atom. The molecular weight excluding hydrogens is 278 g/mol. The van der Waals surface area contributed by atoms with Gasteiger partial charge in [-0.05, 0) is 26.0 Å². The summed E-state index contributed by atoms with van der Waals surface area (Å²) >= 11 is 0. The largest absolute Gasteiger partial charge is 0.325 e. The van der Waals surface area contributed by atoms with Crippen molar-refractivity contribution in [2.24, 2.45) is 0 Å². The molecular formula is C13H21N3O3S. The number of benzene rings is 1. The second kappa shape index (κ2) is 6.83. The number of carbonyl (C=O) groups is 1. The highest BCUT2D eigenvalue weighted by molar-refractivity contribution is 7.88. The molecule has 0 saturated heterocycles. The lowest BCUT2D eigenvalue weighted by Gasteiger charge is -2.25. The monoisotopic (exact) mass is 299 g/mol. The third-order valence-corrected chi connectivity index (χ3v) is 3.30. The van der Waals surface area contributed by atoms with Crippen LogP contribution in [0.1, 0.15) is 13.8 Å². The molecule has 1 aromatic rings. The van der Waals surface area contributed by atoms with E-state index in [9.17, 15) is 13.2 Å². The van der Waals surface area contributed by atoms with Gasteiger partial charge in [0.2, 0.25) is 15.9 Å². The van der Waals surface area contributed by atoms with Crippen molar-refractivity contribution >= 4 is 21.6 Å². The van der Waals surface area contributed by atoms with Crippen LogP contribution in [0, 0.1) is 0 Å². The third kappa shape index (κ3) is 7.22. The molecule has 0 bridgehead atoms. The van der Waals surface area contributed by atoms with Crippen LogP contribution < -0.4 is 15.4 Å². The van der Waals surface area contributed by atoms with Gasteiger partial charge in [-0.15, -0.1) is 0 Å². The Hall–Kier alpha value is -1.44. The fraction of sp³-hybridized carbons (Fsp3) is 0.462. The number of rotatable bonds is 7. The molecule has 0 unspecified atom stereocenters. The van der Waals surface area contributed by atoms with Crippen LogP contribution in [0.3, 0.4) is 0 Å². The Balaban J connectivity index is 2.35. The Morgan fingerprint density at radius 1 is 1.20 bits per heavy atom. The van der Waals surface area contributed by atoms with Gasteiger partial charge in [-0.3, -0.25) is 4.79 Å². The predicted octanol–water partition coefficient (Wildman–Crippen LogP) is 0.542. The first-order valence-electron chi connectivity index (χ1n) is 6.22. The number of amides is 1. The molecule has 0 aliphatic carbocycles. The van der Waals surface area contributed by atoms with E-state index in [0.29, 0.717) is 6.54 Å². The lowest BCUT2D eigenvalue weighted by atomic mass is 10.1. The van der Waals surface area contributed by atoms with Crippen LogP contribution in [-0.4, -0.2) is 39.2 Å². The highest BCUT2D eigenvalue weighted by Gasteiger charge is 2.21. The predicted molar refractivity (Wildman–Crippen MR) is 80.0 cm³/mol. The summed E-state index contributed by atoms with van der Waals surface area (Å²) in [5.74, 6) is -0.175. The van der Waals surface area contributed by atoms with Gasteiger partial charge in [-0.2, -0.15) is 0 Å². The molecule has 0 saturated carbocycles. The molecule has 1 rings (SSSR count). The van der Waals surface area contributed by atoms with Crippen molar-refractivity contribution in [3.63, 3.8) is 0 Å². The van der Waals surface area contributed by atoms with E-state index in [4.69, 9.17) is 0 Å². The molecule has 112 valence electrons. The Morgan fingerprint density at radius 3 is 2.35 bits per heavy atom. The summed E-state index contributed by atoms with van der Waals surface area (Å²) < 4.78 is 24.8. The maximum atomic E-state index is 11.7. The standard InChI is InChI=1S/C13H21N3O3S/c1-13(2,16-20(3,18)19)10-14-9-12(17)15-11-7-5-4-6-8-11/h4-8,14,16H,9-10H2,1-3H3,(H,15,17). The van der Waals surface area contributed by atoms with Gasteiger partial charge < -0.3 is 10.6 Å². The maximum Gasteiger partial charge on any atom is 0.238 e. The van der Waals surface area contributed by atoms with E-state index in [2.05, 4.69) is 15.4 Å². The molecule has 0 fully saturated rings. The molecule has 0 radical (unpaired) electrons. The van der Waals surface area contributed by atoms with Crippen molar-refractivity contribution in [3.8, 4) is 0 Å². The first-order valence-corrected chi connectivity index (χ1v) is 8.12. The highest BCUT2D eigenvalue weighted by Crippen LogP contribution is 2.04. The van der Waals surface area contributed by atoms with Gasteiger partial charge in [0.05, 0.1) is 12.8 Å². The first kappa shape index (κ1) is 16.6. The Kier molecular flexibility index (Phi) is 5.67. The van der Waals surface area contributed by atoms with Gasteiger partial charge in [0.25, 0.3) is 0 Å². The van der Waals surface area contributed by atoms with Crippen LogP contribution in [-0.2, 0) is 14.8 Å². The number of para-hydroxylation sites is 1. The van der Waals surface area contributed by atoms with Gasteiger partial charge in [0.1, 0.15) is 0 Å². The minimum Gasteiger partial charge on any atom is -0.325 e. The van der Waals surface area contributed by atoms with Gasteiger partial charge in [0.15, 0.2) is 0 Å². The fourth-order valence-corrected chi connectivity index (χ4v) is 2.83. The highest BCUT2D eigenvalue weighted by atomic mass is 32.2. The molecule has 0 spiro atoms. The molecule has 0 aliphatic heterocycles. The summed E-state index contributed by atoms with van der Waals surface area (Å²) in [5.41, 5.74) is 0.0773. The van der Waals surface area contributed by atoms with Crippen LogP contribution >= 0.6 is 0 Å². The molecule has 0 atom stereocenters. The summed E-state index contributed by atoms with van der Waals surface area (Å²) in [6.45, 7) is 3.96. The lowest BCUT2D eigenvalue weighted by Crippen LogP contribution is -2.50. The molecule has 6 nitrogen and oxygen atoms in total. The number of hydrogen-bond acceptors (Lipinski definition) is 4. The zero-order chi connectivity index (χ0) is 15.2. The van der Waals surface area contributed by atoms with E-state index in [1.807, 2.05) is 18.2 Å². The molecule has 1 aromatic carbocycles. The Bertz CT molecular complexity index is 541. The van der Waals surface area contributed by atoms with Crippen LogP contribution in [0.25, 0.3) is 0 Å². The normalized spacial score (nSPS) is 12.2. The summed E-state index contributed by atoms with van der Waals surface area (Å²) in [6.07, 6.45) is 1.11. The summed E-state index contributed by atoms with van der Waals surface area (Å²) in [5, 5.41) is 5.67. The molecule has 3 N–H and O–H groups in total. The second-order valence-electron chi connectivity index (χ2n) is 5.28. The van der Waals surface area contributed by atoms with Crippen molar-refractivity contribution < 1.29 is 13.2 Å². The third-order valence-electron chi connectivity index (χ3n) is 2.37. The number of hydrogen-bond donors (Lipinski definition) is 3. The Labute approximate surface area is 120 Å². The zero-order valence-corrected chi connectivity index (χ0v) is 12.8. The SMILES string of the molecule is CC(C)(CNCC(=O)Nc1ccccc1)NS(C)(=O)=O. The second-order valence-corrected chi connectivity index (χ2v) is 7.02. The minimum absolute atomic E-state index is 0.115. The summed E-state index contributed by atoms with van der Waals surface area (Å²) in [7, 11) is -3.27. The van der Waals surface area contributed by atoms with E-state index in [0.717, 1.165) is 11.9 Å². The molecule has 0 aromatic heterocycles. The fourth-order valence-electron chi connectivity index (χ4n) is 1.75. The first-order chi connectivity index (χ1) is 9.18. The van der Waals surface area contributed by atoms with Crippen molar-refractivity contribution in [2.75, 3.05) is 24.7 Å². The maximum absolute atomic E-state index is 11.7. The molecule has 7 heteroatoms. The molecule has 1 amide bonds. The van der Waals surface area contributed by atoms with Gasteiger partial charge in [0, 0.05) is 17.8 Å². The lowest BCUT2D eigenvalue weighted by molar-refractivity contribution is -0.115. The molecule has 0 aliphatic rings. The number of sulfonamides is 1. The summed E-state index contributed by atoms with van der Waals surface area (Å²) in [4.78, 5) is 11.7. The number of carbonyl (C=O) groups excluding carboxylic acids is 1. The van der Waals surface area contributed by atoms with Crippen molar-refractivity contribution in [1.82, 2.24) is 10.0 Å². The van der Waals surface area contributed by atoms with Crippen LogP contribution in [0.2, 0.25) is 0 Å². The number of anilines is 1. The molecule has 0 heterocycles.